The number of hydrogen-bond acceptors (Lipinski definition) is 2. The van der Waals surface area contributed by atoms with Crippen LogP contribution in [0.15, 0.2) is 24.4 Å². The second-order valence-electron chi connectivity index (χ2n) is 2.47. The summed E-state index contributed by atoms with van der Waals surface area (Å²) in [6.07, 6.45) is -0.266. The highest BCUT2D eigenvalue weighted by Gasteiger charge is 2.31. The van der Waals surface area contributed by atoms with Crippen molar-refractivity contribution in [1.82, 2.24) is 4.98 Å². The van der Waals surface area contributed by atoms with Crippen molar-refractivity contribution in [2.45, 2.75) is 6.18 Å². The number of halogens is 3. The van der Waals surface area contributed by atoms with Crippen molar-refractivity contribution >= 4 is 12.4 Å². The van der Waals surface area contributed by atoms with Gasteiger partial charge < -0.3 is 0 Å². The van der Waals surface area contributed by atoms with Crippen LogP contribution in [-0.4, -0.2) is 11.3 Å². The molecule has 0 aliphatic heterocycles. The summed E-state index contributed by atoms with van der Waals surface area (Å²) in [5, 5.41) is 0. The Hall–Kier alpha value is -1.65. The molecule has 14 heavy (non-hydrogen) atoms. The number of pyridine rings is 1. The van der Waals surface area contributed by atoms with Crippen LogP contribution in [-0.2, 0) is 11.0 Å². The summed E-state index contributed by atoms with van der Waals surface area (Å²) in [5.74, 6) is 0. The van der Waals surface area contributed by atoms with Crippen LogP contribution in [0.5, 0.6) is 0 Å². The summed E-state index contributed by atoms with van der Waals surface area (Å²) >= 11 is 0. The molecule has 0 fully saturated rings. The molecule has 2 nitrogen and oxygen atoms in total. The molecule has 1 rings (SSSR count). The number of alkyl halides is 3. The first-order valence-corrected chi connectivity index (χ1v) is 3.69. The molecule has 0 aliphatic rings. The molecular formula is C9H6F3NO. The van der Waals surface area contributed by atoms with Crippen molar-refractivity contribution < 1.29 is 18.0 Å². The number of carbonyl (C=O) groups is 1. The van der Waals surface area contributed by atoms with Crippen molar-refractivity contribution in [2.75, 3.05) is 0 Å². The van der Waals surface area contributed by atoms with Gasteiger partial charge in [-0.3, -0.25) is 9.78 Å². The Morgan fingerprint density at radius 2 is 2.00 bits per heavy atom. The molecule has 0 aromatic carbocycles. The van der Waals surface area contributed by atoms with Gasteiger partial charge in [-0.25, -0.2) is 0 Å². The van der Waals surface area contributed by atoms with Crippen LogP contribution in [0.3, 0.4) is 0 Å². The molecule has 0 saturated carbocycles. The lowest BCUT2D eigenvalue weighted by atomic mass is 10.2. The number of allylic oxidation sites excluding steroid dienone is 1. The predicted molar refractivity (Wildman–Crippen MR) is 44.3 cm³/mol. The molecule has 0 atom stereocenters. The van der Waals surface area contributed by atoms with E-state index >= 15 is 0 Å². The zero-order valence-electron chi connectivity index (χ0n) is 6.95. The molecule has 0 unspecified atom stereocenters. The van der Waals surface area contributed by atoms with Gasteiger partial charge in [0.2, 0.25) is 0 Å². The van der Waals surface area contributed by atoms with Gasteiger partial charge in [0.15, 0.2) is 0 Å². The van der Waals surface area contributed by atoms with Crippen molar-refractivity contribution in [2.24, 2.45) is 0 Å². The van der Waals surface area contributed by atoms with Crippen molar-refractivity contribution in [3.63, 3.8) is 0 Å². The van der Waals surface area contributed by atoms with Gasteiger partial charge in [0.25, 0.3) is 0 Å². The summed E-state index contributed by atoms with van der Waals surface area (Å²) in [5.41, 5.74) is -0.495. The molecule has 0 N–H and O–H groups in total. The Labute approximate surface area is 78.1 Å². The van der Waals surface area contributed by atoms with E-state index in [1.54, 1.807) is 0 Å². The Kier molecular flexibility index (Phi) is 3.01. The second kappa shape index (κ2) is 4.04. The predicted octanol–water partition coefficient (Wildman–Crippen LogP) is 2.31. The summed E-state index contributed by atoms with van der Waals surface area (Å²) in [7, 11) is 0. The van der Waals surface area contributed by atoms with Gasteiger partial charge in [-0.05, 0) is 17.7 Å². The van der Waals surface area contributed by atoms with Crippen molar-refractivity contribution in [1.29, 1.82) is 0 Å². The number of aromatic nitrogens is 1. The third-order valence-corrected chi connectivity index (χ3v) is 1.44. The minimum absolute atomic E-state index is 0.449. The Morgan fingerprint density at radius 1 is 1.29 bits per heavy atom. The maximum atomic E-state index is 12.0. The van der Waals surface area contributed by atoms with Crippen LogP contribution in [0.1, 0.15) is 11.3 Å². The molecule has 0 radical (unpaired) electrons. The van der Waals surface area contributed by atoms with Gasteiger partial charge in [-0.15, -0.1) is 0 Å². The van der Waals surface area contributed by atoms with Crippen LogP contribution < -0.4 is 0 Å². The zero-order chi connectivity index (χ0) is 10.6. The average Bonchev–Trinajstić information content (AvgIpc) is 2.14. The minimum atomic E-state index is -4.42. The lowest BCUT2D eigenvalue weighted by Gasteiger charge is -2.04. The van der Waals surface area contributed by atoms with Crippen LogP contribution in [0.25, 0.3) is 6.08 Å². The number of nitrogens with zero attached hydrogens (tertiary/aromatic N) is 1. The molecule has 5 heteroatoms. The summed E-state index contributed by atoms with van der Waals surface area (Å²) < 4.78 is 36.1. The summed E-state index contributed by atoms with van der Waals surface area (Å²) in [4.78, 5) is 13.1. The highest BCUT2D eigenvalue weighted by atomic mass is 19.4. The van der Waals surface area contributed by atoms with Gasteiger partial charge >= 0.3 is 6.18 Å². The monoisotopic (exact) mass is 201 g/mol. The van der Waals surface area contributed by atoms with E-state index in [0.29, 0.717) is 11.8 Å². The Morgan fingerprint density at radius 3 is 2.43 bits per heavy atom. The Bertz CT molecular complexity index is 340. The Balaban J connectivity index is 2.89. The quantitative estimate of drug-likeness (QED) is 0.542. The highest BCUT2D eigenvalue weighted by molar-refractivity contribution is 5.73. The first kappa shape index (κ1) is 10.4. The van der Waals surface area contributed by atoms with Crippen LogP contribution in [0.2, 0.25) is 0 Å². The number of aldehydes is 1. The maximum absolute atomic E-state index is 12.0. The molecule has 0 amide bonds. The van der Waals surface area contributed by atoms with E-state index in [-0.39, 0.29) is 0 Å². The fraction of sp³-hybridized carbons (Fsp3) is 0.111. The zero-order valence-corrected chi connectivity index (χ0v) is 6.95. The summed E-state index contributed by atoms with van der Waals surface area (Å²) in [6.45, 7) is 0. The van der Waals surface area contributed by atoms with Crippen LogP contribution in [0.4, 0.5) is 13.2 Å². The van der Waals surface area contributed by atoms with E-state index < -0.39 is 11.9 Å². The molecule has 1 heterocycles. The van der Waals surface area contributed by atoms with Crippen LogP contribution in [0, 0.1) is 0 Å². The van der Waals surface area contributed by atoms with E-state index in [1.165, 1.54) is 18.2 Å². The highest BCUT2D eigenvalue weighted by Crippen LogP contribution is 2.27. The van der Waals surface area contributed by atoms with Gasteiger partial charge in [0, 0.05) is 6.20 Å². The van der Waals surface area contributed by atoms with Crippen LogP contribution >= 0.6 is 0 Å². The first-order valence-electron chi connectivity index (χ1n) is 3.69. The fourth-order valence-electron chi connectivity index (χ4n) is 0.822. The lowest BCUT2D eigenvalue weighted by Crippen LogP contribution is -2.07. The van der Waals surface area contributed by atoms with Gasteiger partial charge in [0.1, 0.15) is 12.0 Å². The molecule has 1 aromatic heterocycles. The van der Waals surface area contributed by atoms with Gasteiger partial charge in [-0.1, -0.05) is 12.1 Å². The van der Waals surface area contributed by atoms with E-state index in [2.05, 4.69) is 4.98 Å². The van der Waals surface area contributed by atoms with E-state index in [4.69, 9.17) is 0 Å². The molecule has 1 aromatic rings. The van der Waals surface area contributed by atoms with Gasteiger partial charge in [0.05, 0.1) is 0 Å². The molecule has 0 saturated heterocycles. The second-order valence-corrected chi connectivity index (χ2v) is 2.47. The lowest BCUT2D eigenvalue weighted by molar-refractivity contribution is -0.141. The van der Waals surface area contributed by atoms with E-state index in [0.717, 1.165) is 12.3 Å². The number of carbonyl (C=O) groups excluding carboxylic acids is 1. The third-order valence-electron chi connectivity index (χ3n) is 1.44. The maximum Gasteiger partial charge on any atom is 0.433 e. The van der Waals surface area contributed by atoms with Gasteiger partial charge in [-0.2, -0.15) is 13.2 Å². The van der Waals surface area contributed by atoms with Crippen molar-refractivity contribution in [3.05, 3.63) is 35.7 Å². The first-order chi connectivity index (χ1) is 6.54. The fourth-order valence-corrected chi connectivity index (χ4v) is 0.822. The average molecular weight is 201 g/mol. The molecular weight excluding hydrogens is 195 g/mol. The van der Waals surface area contributed by atoms with E-state index in [9.17, 15) is 18.0 Å². The minimum Gasteiger partial charge on any atom is -0.299 e. The SMILES string of the molecule is O=C/C=C/c1ccc(C(F)(F)F)nc1. The standard InChI is InChI=1S/C9H6F3NO/c10-9(11,12)8-4-3-7(6-13-8)2-1-5-14/h1-6H/b2-1+. The topological polar surface area (TPSA) is 30.0 Å². The molecule has 0 aliphatic carbocycles. The normalized spacial score (nSPS) is 11.9. The van der Waals surface area contributed by atoms with E-state index in [1.807, 2.05) is 0 Å². The summed E-state index contributed by atoms with van der Waals surface area (Å²) in [6, 6.07) is 2.11. The number of rotatable bonds is 2. The third kappa shape index (κ3) is 2.69. The van der Waals surface area contributed by atoms with Crippen molar-refractivity contribution in [3.8, 4) is 0 Å². The molecule has 74 valence electrons. The molecule has 0 bridgehead atoms. The smallest absolute Gasteiger partial charge is 0.299 e. The largest absolute Gasteiger partial charge is 0.433 e. The molecule has 0 spiro atoms. The number of hydrogen-bond donors (Lipinski definition) is 0.